The van der Waals surface area contributed by atoms with E-state index in [2.05, 4.69) is 12.2 Å². The van der Waals surface area contributed by atoms with Crippen molar-refractivity contribution in [1.82, 2.24) is 9.80 Å². The third kappa shape index (κ3) is 2.86. The molecule has 2 amide bonds. The summed E-state index contributed by atoms with van der Waals surface area (Å²) in [5, 5.41) is 0. The van der Waals surface area contributed by atoms with E-state index in [1.165, 1.54) is 12.1 Å². The summed E-state index contributed by atoms with van der Waals surface area (Å²) in [6, 6.07) is 6.38. The van der Waals surface area contributed by atoms with E-state index in [0.29, 0.717) is 19.6 Å². The van der Waals surface area contributed by atoms with Gasteiger partial charge in [0, 0.05) is 44.3 Å². The molecule has 132 valence electrons. The predicted molar refractivity (Wildman–Crippen MR) is 92.0 cm³/mol. The second-order valence-corrected chi connectivity index (χ2v) is 7.48. The Balaban J connectivity index is 1.57. The molecule has 0 spiro atoms. The fraction of sp³-hybridized carbons (Fsp3) is 0.500. The number of carbonyl (C=O) groups is 2. The molecule has 0 aromatic heterocycles. The molecule has 0 N–H and O–H groups in total. The van der Waals surface area contributed by atoms with Crippen LogP contribution in [0.5, 0.6) is 0 Å². The largest absolute Gasteiger partial charge is 0.342 e. The highest BCUT2D eigenvalue weighted by molar-refractivity contribution is 5.80. The minimum atomic E-state index is -0.285. The summed E-state index contributed by atoms with van der Waals surface area (Å²) in [5.41, 5.74) is 0.833. The molecule has 2 heterocycles. The van der Waals surface area contributed by atoms with Crippen molar-refractivity contribution in [2.24, 2.45) is 17.8 Å². The van der Waals surface area contributed by atoms with Crippen molar-refractivity contribution in [3.63, 3.8) is 0 Å². The topological polar surface area (TPSA) is 40.6 Å². The first kappa shape index (κ1) is 16.3. The van der Waals surface area contributed by atoms with E-state index in [1.54, 1.807) is 13.0 Å². The first-order valence-corrected chi connectivity index (χ1v) is 9.01. The van der Waals surface area contributed by atoms with E-state index in [0.717, 1.165) is 18.4 Å². The summed E-state index contributed by atoms with van der Waals surface area (Å²) < 4.78 is 13.7. The summed E-state index contributed by atoms with van der Waals surface area (Å²) in [6.45, 7) is 3.58. The predicted octanol–water partition coefficient (Wildman–Crippen LogP) is 2.77. The normalized spacial score (nSPS) is 28.6. The summed E-state index contributed by atoms with van der Waals surface area (Å²) in [4.78, 5) is 28.7. The monoisotopic (exact) mass is 342 g/mol. The van der Waals surface area contributed by atoms with Crippen LogP contribution in [-0.4, -0.2) is 41.2 Å². The molecule has 5 heteroatoms. The van der Waals surface area contributed by atoms with Crippen molar-refractivity contribution < 1.29 is 14.0 Å². The van der Waals surface area contributed by atoms with Crippen molar-refractivity contribution >= 4 is 11.8 Å². The minimum Gasteiger partial charge on any atom is -0.342 e. The minimum absolute atomic E-state index is 0.0153. The summed E-state index contributed by atoms with van der Waals surface area (Å²) >= 11 is 0. The number of halogens is 1. The molecule has 2 fully saturated rings. The van der Waals surface area contributed by atoms with Crippen molar-refractivity contribution in [1.29, 1.82) is 0 Å². The van der Waals surface area contributed by atoms with Gasteiger partial charge >= 0.3 is 0 Å². The molecule has 1 aromatic rings. The van der Waals surface area contributed by atoms with E-state index in [4.69, 9.17) is 0 Å². The Morgan fingerprint density at radius 1 is 1.12 bits per heavy atom. The first-order chi connectivity index (χ1) is 12.0. The molecule has 1 aliphatic carbocycles. The van der Waals surface area contributed by atoms with Crippen LogP contribution in [0.25, 0.3) is 0 Å². The summed E-state index contributed by atoms with van der Waals surface area (Å²) in [5.74, 6) is 0.496. The molecular weight excluding hydrogens is 319 g/mol. The average molecular weight is 342 g/mol. The highest BCUT2D eigenvalue weighted by atomic mass is 19.1. The summed E-state index contributed by atoms with van der Waals surface area (Å²) in [6.07, 6.45) is 5.81. The number of allylic oxidation sites excluding steroid dienone is 2. The number of hydrogen-bond donors (Lipinski definition) is 0. The van der Waals surface area contributed by atoms with Crippen LogP contribution >= 0.6 is 0 Å². The van der Waals surface area contributed by atoms with Gasteiger partial charge in [0.05, 0.1) is 6.04 Å². The maximum Gasteiger partial charge on any atom is 0.226 e. The molecule has 3 atom stereocenters. The molecule has 2 saturated heterocycles. The molecule has 4 nitrogen and oxygen atoms in total. The van der Waals surface area contributed by atoms with Gasteiger partial charge in [-0.3, -0.25) is 9.59 Å². The molecule has 25 heavy (non-hydrogen) atoms. The highest BCUT2D eigenvalue weighted by Gasteiger charge is 2.49. The zero-order valence-electron chi connectivity index (χ0n) is 14.4. The quantitative estimate of drug-likeness (QED) is 0.776. The van der Waals surface area contributed by atoms with Gasteiger partial charge in [0.15, 0.2) is 0 Å². The zero-order chi connectivity index (χ0) is 17.6. The van der Waals surface area contributed by atoms with Crippen molar-refractivity contribution in [3.8, 4) is 0 Å². The Hall–Kier alpha value is -2.17. The second kappa shape index (κ2) is 6.28. The molecule has 2 aliphatic heterocycles. The van der Waals surface area contributed by atoms with Crippen LogP contribution in [0.2, 0.25) is 0 Å². The molecule has 4 rings (SSSR count). The van der Waals surface area contributed by atoms with E-state index >= 15 is 0 Å². The molecule has 0 radical (unpaired) electrons. The number of rotatable bonds is 2. The first-order valence-electron chi connectivity index (χ1n) is 9.01. The zero-order valence-corrected chi connectivity index (χ0v) is 14.4. The lowest BCUT2D eigenvalue weighted by Crippen LogP contribution is -2.38. The Kier molecular flexibility index (Phi) is 4.10. The van der Waals surface area contributed by atoms with Gasteiger partial charge in [0.1, 0.15) is 5.82 Å². The molecule has 3 aliphatic rings. The third-order valence-electron chi connectivity index (χ3n) is 5.93. The lowest BCUT2D eigenvalue weighted by Gasteiger charge is -2.30. The number of amides is 2. The van der Waals surface area contributed by atoms with E-state index in [9.17, 15) is 14.0 Å². The van der Waals surface area contributed by atoms with Crippen LogP contribution in [0.1, 0.15) is 31.4 Å². The number of fused-ring (bicyclic) bond motifs is 1. The standard InChI is InChI=1S/C20H23FN2O2/c1-13(24)23-11-16-10-22(20(25)14-5-2-3-6-14)12-18(16)19(23)15-7-4-8-17(21)9-15/h2-4,7-9,14,16,18-19H,5-6,10-12H2,1H3/t16-,18-,19-/m1/s1. The highest BCUT2D eigenvalue weighted by Crippen LogP contribution is 2.45. The fourth-order valence-corrected chi connectivity index (χ4v) is 4.74. The lowest BCUT2D eigenvalue weighted by atomic mass is 9.89. The Morgan fingerprint density at radius 2 is 1.88 bits per heavy atom. The number of hydrogen-bond acceptors (Lipinski definition) is 2. The number of likely N-dealkylation sites (tertiary alicyclic amines) is 2. The van der Waals surface area contributed by atoms with E-state index in [-0.39, 0.29) is 41.4 Å². The van der Waals surface area contributed by atoms with Gasteiger partial charge in [-0.25, -0.2) is 4.39 Å². The molecule has 0 saturated carbocycles. The molecule has 1 aromatic carbocycles. The van der Waals surface area contributed by atoms with Crippen molar-refractivity contribution in [2.75, 3.05) is 19.6 Å². The number of carbonyl (C=O) groups excluding carboxylic acids is 2. The lowest BCUT2D eigenvalue weighted by molar-refractivity contribution is -0.135. The van der Waals surface area contributed by atoms with Crippen LogP contribution in [-0.2, 0) is 9.59 Å². The van der Waals surface area contributed by atoms with Crippen LogP contribution in [0.15, 0.2) is 36.4 Å². The molecule has 0 unspecified atom stereocenters. The van der Waals surface area contributed by atoms with Crippen LogP contribution in [0.4, 0.5) is 4.39 Å². The second-order valence-electron chi connectivity index (χ2n) is 7.48. The van der Waals surface area contributed by atoms with Gasteiger partial charge in [0.2, 0.25) is 11.8 Å². The van der Waals surface area contributed by atoms with Crippen LogP contribution in [0.3, 0.4) is 0 Å². The molecular formula is C20H23FN2O2. The van der Waals surface area contributed by atoms with E-state index < -0.39 is 0 Å². The van der Waals surface area contributed by atoms with Gasteiger partial charge in [0.25, 0.3) is 0 Å². The van der Waals surface area contributed by atoms with Crippen LogP contribution in [0, 0.1) is 23.6 Å². The van der Waals surface area contributed by atoms with E-state index in [1.807, 2.05) is 15.9 Å². The smallest absolute Gasteiger partial charge is 0.226 e. The maximum atomic E-state index is 13.7. The van der Waals surface area contributed by atoms with Gasteiger partial charge in [-0.2, -0.15) is 0 Å². The number of benzene rings is 1. The van der Waals surface area contributed by atoms with Crippen molar-refractivity contribution in [3.05, 3.63) is 47.8 Å². The van der Waals surface area contributed by atoms with Gasteiger partial charge in [-0.05, 0) is 30.5 Å². The SMILES string of the molecule is CC(=O)N1C[C@H]2CN(C(=O)C3CC=CC3)C[C@H]2[C@H]1c1cccc(F)c1. The van der Waals surface area contributed by atoms with Gasteiger partial charge in [-0.15, -0.1) is 0 Å². The molecule has 0 bridgehead atoms. The van der Waals surface area contributed by atoms with Gasteiger partial charge < -0.3 is 9.80 Å². The Morgan fingerprint density at radius 3 is 2.56 bits per heavy atom. The van der Waals surface area contributed by atoms with Crippen molar-refractivity contribution in [2.45, 2.75) is 25.8 Å². The summed E-state index contributed by atoms with van der Waals surface area (Å²) in [7, 11) is 0. The average Bonchev–Trinajstić information content (AvgIpc) is 3.29. The third-order valence-corrected chi connectivity index (χ3v) is 5.93. The fourth-order valence-electron chi connectivity index (χ4n) is 4.74. The van der Waals surface area contributed by atoms with Crippen LogP contribution < -0.4 is 0 Å². The maximum absolute atomic E-state index is 13.7. The Bertz CT molecular complexity index is 724. The Labute approximate surface area is 147 Å². The van der Waals surface area contributed by atoms with Gasteiger partial charge in [-0.1, -0.05) is 24.3 Å². The number of nitrogens with zero attached hydrogens (tertiary/aromatic N) is 2.